The highest BCUT2D eigenvalue weighted by atomic mass is 35.5. The minimum atomic E-state index is 0.794. The van der Waals surface area contributed by atoms with Gasteiger partial charge < -0.3 is 4.90 Å². The maximum atomic E-state index is 5.82. The highest BCUT2D eigenvalue weighted by molar-refractivity contribution is 6.31. The maximum Gasteiger partial charge on any atom is 0.0441 e. The summed E-state index contributed by atoms with van der Waals surface area (Å²) in [4.78, 5) is 2.05. The molecular weight excluding hydrogens is 158 g/mol. The number of rotatable bonds is 0. The molecule has 0 fully saturated rings. The zero-order chi connectivity index (χ0) is 7.68. The van der Waals surface area contributed by atoms with Gasteiger partial charge in [-0.15, -0.1) is 0 Å². The molecular formula is C9H8ClN. The first-order chi connectivity index (χ1) is 5.36. The van der Waals surface area contributed by atoms with Crippen LogP contribution >= 0.6 is 11.6 Å². The molecule has 0 atom stereocenters. The molecule has 0 unspecified atom stereocenters. The third-order valence-corrected chi connectivity index (χ3v) is 1.94. The monoisotopic (exact) mass is 165 g/mol. The van der Waals surface area contributed by atoms with Crippen molar-refractivity contribution in [1.29, 1.82) is 0 Å². The van der Waals surface area contributed by atoms with Gasteiger partial charge in [0.1, 0.15) is 0 Å². The van der Waals surface area contributed by atoms with Crippen molar-refractivity contribution < 1.29 is 0 Å². The van der Waals surface area contributed by atoms with Crippen molar-refractivity contribution >= 4 is 11.6 Å². The van der Waals surface area contributed by atoms with Crippen molar-refractivity contribution in [3.05, 3.63) is 47.4 Å². The van der Waals surface area contributed by atoms with Crippen LogP contribution in [0, 0.1) is 0 Å². The Morgan fingerprint density at radius 2 is 2.27 bits per heavy atom. The lowest BCUT2D eigenvalue weighted by molar-refractivity contribution is 0.628. The third-order valence-electron chi connectivity index (χ3n) is 1.71. The van der Waals surface area contributed by atoms with E-state index in [0.29, 0.717) is 0 Å². The van der Waals surface area contributed by atoms with E-state index < -0.39 is 0 Å². The van der Waals surface area contributed by atoms with E-state index in [1.165, 1.54) is 5.70 Å². The van der Waals surface area contributed by atoms with Gasteiger partial charge in [0.25, 0.3) is 0 Å². The van der Waals surface area contributed by atoms with Crippen LogP contribution in [0.4, 0.5) is 0 Å². The summed E-state index contributed by atoms with van der Waals surface area (Å²) in [7, 11) is 0. The summed E-state index contributed by atoms with van der Waals surface area (Å²) in [5.74, 6) is 0. The minimum absolute atomic E-state index is 0.794. The van der Waals surface area contributed by atoms with Gasteiger partial charge in [-0.1, -0.05) is 23.8 Å². The van der Waals surface area contributed by atoms with E-state index in [4.69, 9.17) is 11.6 Å². The van der Waals surface area contributed by atoms with Crippen LogP contribution in [0.5, 0.6) is 0 Å². The number of nitrogens with zero attached hydrogens (tertiary/aromatic N) is 1. The van der Waals surface area contributed by atoms with Crippen molar-refractivity contribution in [2.45, 2.75) is 6.42 Å². The van der Waals surface area contributed by atoms with Crippen LogP contribution in [-0.4, -0.2) is 4.90 Å². The molecule has 0 aromatic heterocycles. The Balaban J connectivity index is 2.34. The topological polar surface area (TPSA) is 3.24 Å². The summed E-state index contributed by atoms with van der Waals surface area (Å²) in [5.41, 5.74) is 1.17. The molecule has 0 saturated carbocycles. The van der Waals surface area contributed by atoms with Crippen LogP contribution in [0.3, 0.4) is 0 Å². The fourth-order valence-electron chi connectivity index (χ4n) is 1.16. The molecule has 0 radical (unpaired) electrons. The molecule has 2 aliphatic rings. The lowest BCUT2D eigenvalue weighted by Gasteiger charge is -2.22. The summed E-state index contributed by atoms with van der Waals surface area (Å²) >= 11 is 5.82. The van der Waals surface area contributed by atoms with E-state index in [9.17, 15) is 0 Å². The quantitative estimate of drug-likeness (QED) is 0.534. The zero-order valence-electron chi connectivity index (χ0n) is 6.00. The second-order valence-electron chi connectivity index (χ2n) is 2.50. The van der Waals surface area contributed by atoms with Gasteiger partial charge in [0, 0.05) is 23.1 Å². The number of fused-ring (bicyclic) bond motifs is 1. The molecule has 11 heavy (non-hydrogen) atoms. The minimum Gasteiger partial charge on any atom is -0.324 e. The fourth-order valence-corrected chi connectivity index (χ4v) is 1.33. The van der Waals surface area contributed by atoms with Gasteiger partial charge >= 0.3 is 0 Å². The molecule has 56 valence electrons. The van der Waals surface area contributed by atoms with Gasteiger partial charge in [-0.25, -0.2) is 0 Å². The molecule has 0 aromatic carbocycles. The Kier molecular flexibility index (Phi) is 1.59. The van der Waals surface area contributed by atoms with E-state index in [1.807, 2.05) is 24.6 Å². The highest BCUT2D eigenvalue weighted by Crippen LogP contribution is 2.22. The Morgan fingerprint density at radius 3 is 3.18 bits per heavy atom. The molecule has 2 heterocycles. The number of hydrogen-bond acceptors (Lipinski definition) is 1. The summed E-state index contributed by atoms with van der Waals surface area (Å²) in [5, 5.41) is 0.794. The van der Waals surface area contributed by atoms with Gasteiger partial charge in [-0.3, -0.25) is 0 Å². The second kappa shape index (κ2) is 2.59. The van der Waals surface area contributed by atoms with E-state index in [0.717, 1.165) is 11.5 Å². The standard InChI is InChI=1S/C9H8ClN/c10-8-4-6-11-5-2-1-3-9(11)7-8/h2-7H,1H2. The van der Waals surface area contributed by atoms with Crippen LogP contribution in [-0.2, 0) is 0 Å². The third kappa shape index (κ3) is 1.24. The van der Waals surface area contributed by atoms with E-state index in [-0.39, 0.29) is 0 Å². The fraction of sp³-hybridized carbons (Fsp3) is 0.111. The average Bonchev–Trinajstić information content (AvgIpc) is 2.04. The SMILES string of the molecule is ClC1=CC2=CCC=CN2C=C1. The average molecular weight is 166 g/mol. The summed E-state index contributed by atoms with van der Waals surface area (Å²) in [6.45, 7) is 0. The van der Waals surface area contributed by atoms with Crippen LogP contribution < -0.4 is 0 Å². The maximum absolute atomic E-state index is 5.82. The Labute approximate surface area is 71.0 Å². The number of hydrogen-bond donors (Lipinski definition) is 0. The van der Waals surface area contributed by atoms with Crippen molar-refractivity contribution in [2.24, 2.45) is 0 Å². The first-order valence-corrected chi connectivity index (χ1v) is 3.94. The largest absolute Gasteiger partial charge is 0.324 e. The van der Waals surface area contributed by atoms with Gasteiger partial charge in [0.05, 0.1) is 0 Å². The molecule has 0 saturated heterocycles. The normalized spacial score (nSPS) is 21.0. The van der Waals surface area contributed by atoms with Crippen LogP contribution in [0.2, 0.25) is 0 Å². The first kappa shape index (κ1) is 6.74. The predicted octanol–water partition coefficient (Wildman–Crippen LogP) is 2.74. The predicted molar refractivity (Wildman–Crippen MR) is 46.8 cm³/mol. The Bertz CT molecular complexity index is 284. The molecule has 0 spiro atoms. The highest BCUT2D eigenvalue weighted by Gasteiger charge is 2.07. The molecule has 2 aliphatic heterocycles. The zero-order valence-corrected chi connectivity index (χ0v) is 6.75. The molecule has 2 rings (SSSR count). The van der Waals surface area contributed by atoms with Crippen molar-refractivity contribution in [2.75, 3.05) is 0 Å². The van der Waals surface area contributed by atoms with Gasteiger partial charge in [0.2, 0.25) is 0 Å². The summed E-state index contributed by atoms with van der Waals surface area (Å²) < 4.78 is 0. The molecule has 0 amide bonds. The smallest absolute Gasteiger partial charge is 0.0441 e. The first-order valence-electron chi connectivity index (χ1n) is 3.57. The van der Waals surface area contributed by atoms with Crippen LogP contribution in [0.1, 0.15) is 6.42 Å². The molecule has 0 aliphatic carbocycles. The Morgan fingerprint density at radius 1 is 1.36 bits per heavy atom. The van der Waals surface area contributed by atoms with Gasteiger partial charge in [0.15, 0.2) is 0 Å². The van der Waals surface area contributed by atoms with E-state index >= 15 is 0 Å². The molecule has 2 heteroatoms. The summed E-state index contributed by atoms with van der Waals surface area (Å²) in [6, 6.07) is 0. The van der Waals surface area contributed by atoms with Crippen molar-refractivity contribution in [3.63, 3.8) is 0 Å². The van der Waals surface area contributed by atoms with Gasteiger partial charge in [-0.2, -0.15) is 0 Å². The van der Waals surface area contributed by atoms with Gasteiger partial charge in [-0.05, 0) is 18.6 Å². The molecule has 0 bridgehead atoms. The molecule has 0 aromatic rings. The van der Waals surface area contributed by atoms with E-state index in [2.05, 4.69) is 17.1 Å². The summed E-state index contributed by atoms with van der Waals surface area (Å²) in [6.07, 6.45) is 13.1. The van der Waals surface area contributed by atoms with Crippen molar-refractivity contribution in [1.82, 2.24) is 4.90 Å². The molecule has 0 N–H and O–H groups in total. The number of allylic oxidation sites excluding steroid dienone is 5. The lowest BCUT2D eigenvalue weighted by Crippen LogP contribution is -2.12. The van der Waals surface area contributed by atoms with E-state index in [1.54, 1.807) is 0 Å². The Hall–Kier alpha value is -0.950. The van der Waals surface area contributed by atoms with Crippen LogP contribution in [0.25, 0.3) is 0 Å². The lowest BCUT2D eigenvalue weighted by atomic mass is 10.2. The second-order valence-corrected chi connectivity index (χ2v) is 2.94. The number of halogens is 1. The van der Waals surface area contributed by atoms with Crippen LogP contribution in [0.15, 0.2) is 47.4 Å². The molecule has 1 nitrogen and oxygen atoms in total. The van der Waals surface area contributed by atoms with Crippen molar-refractivity contribution in [3.8, 4) is 0 Å².